The first-order valence-corrected chi connectivity index (χ1v) is 5.74. The predicted molar refractivity (Wildman–Crippen MR) is 61.9 cm³/mol. The molecule has 0 radical (unpaired) electrons. The van der Waals surface area contributed by atoms with Gasteiger partial charge in [0.05, 0.1) is 19.8 Å². The van der Waals surface area contributed by atoms with Gasteiger partial charge in [0.2, 0.25) is 0 Å². The summed E-state index contributed by atoms with van der Waals surface area (Å²) in [5, 5.41) is 0. The summed E-state index contributed by atoms with van der Waals surface area (Å²) in [7, 11) is 2.75. The maximum Gasteiger partial charge on any atom is 0.419 e. The molecule has 0 saturated heterocycles. The SMILES string of the molecule is CCOC(=O)C(F)(F)C(=O)N(CCOC)CCOC. The van der Waals surface area contributed by atoms with Crippen molar-refractivity contribution in [3.63, 3.8) is 0 Å². The molecule has 0 aliphatic rings. The van der Waals surface area contributed by atoms with Gasteiger partial charge in [0, 0.05) is 27.3 Å². The first-order valence-electron chi connectivity index (χ1n) is 5.74. The molecule has 8 heteroatoms. The Labute approximate surface area is 110 Å². The molecule has 0 aliphatic heterocycles. The highest BCUT2D eigenvalue weighted by atomic mass is 19.3. The lowest BCUT2D eigenvalue weighted by atomic mass is 10.2. The lowest BCUT2D eigenvalue weighted by Crippen LogP contribution is -2.50. The Morgan fingerprint density at radius 1 is 1.11 bits per heavy atom. The van der Waals surface area contributed by atoms with Gasteiger partial charge in [-0.1, -0.05) is 0 Å². The summed E-state index contributed by atoms with van der Waals surface area (Å²) in [6, 6.07) is 0. The Bertz CT molecular complexity index is 291. The minimum atomic E-state index is -4.20. The van der Waals surface area contributed by atoms with Crippen LogP contribution in [-0.4, -0.2) is 69.8 Å². The third-order valence-corrected chi connectivity index (χ3v) is 2.22. The Balaban J connectivity index is 4.78. The van der Waals surface area contributed by atoms with Crippen LogP contribution in [-0.2, 0) is 23.8 Å². The van der Waals surface area contributed by atoms with Crippen LogP contribution in [0.15, 0.2) is 0 Å². The number of halogens is 2. The van der Waals surface area contributed by atoms with Gasteiger partial charge in [-0.25, -0.2) is 4.79 Å². The van der Waals surface area contributed by atoms with Gasteiger partial charge in [0.15, 0.2) is 0 Å². The molecule has 0 aromatic heterocycles. The van der Waals surface area contributed by atoms with Gasteiger partial charge in [0.25, 0.3) is 0 Å². The number of carbonyl (C=O) groups excluding carboxylic acids is 2. The second kappa shape index (κ2) is 8.76. The monoisotopic (exact) mass is 283 g/mol. The second-order valence-corrected chi connectivity index (χ2v) is 3.57. The zero-order valence-corrected chi connectivity index (χ0v) is 11.3. The molecule has 6 nitrogen and oxygen atoms in total. The molecule has 0 unspecified atom stereocenters. The van der Waals surface area contributed by atoms with Crippen molar-refractivity contribution in [2.45, 2.75) is 12.8 Å². The highest BCUT2D eigenvalue weighted by Crippen LogP contribution is 2.19. The lowest BCUT2D eigenvalue weighted by molar-refractivity contribution is -0.183. The predicted octanol–water partition coefficient (Wildman–Crippen LogP) is 0.306. The smallest absolute Gasteiger partial charge is 0.419 e. The number of alkyl halides is 2. The van der Waals surface area contributed by atoms with Gasteiger partial charge in [-0.15, -0.1) is 0 Å². The van der Waals surface area contributed by atoms with Crippen LogP contribution < -0.4 is 0 Å². The highest BCUT2D eigenvalue weighted by molar-refractivity contribution is 6.04. The fourth-order valence-electron chi connectivity index (χ4n) is 1.23. The average Bonchev–Trinajstić information content (AvgIpc) is 2.38. The van der Waals surface area contributed by atoms with Crippen LogP contribution in [0, 0.1) is 0 Å². The van der Waals surface area contributed by atoms with Gasteiger partial charge in [-0.3, -0.25) is 4.79 Å². The van der Waals surface area contributed by atoms with Crippen molar-refractivity contribution in [2.75, 3.05) is 47.1 Å². The van der Waals surface area contributed by atoms with Crippen molar-refractivity contribution in [3.8, 4) is 0 Å². The van der Waals surface area contributed by atoms with Crippen molar-refractivity contribution in [3.05, 3.63) is 0 Å². The molecular formula is C11H19F2NO5. The van der Waals surface area contributed by atoms with E-state index in [-0.39, 0.29) is 32.9 Å². The summed E-state index contributed by atoms with van der Waals surface area (Å²) in [6.45, 7) is 1.19. The lowest BCUT2D eigenvalue weighted by Gasteiger charge is -2.25. The van der Waals surface area contributed by atoms with E-state index in [0.29, 0.717) is 0 Å². The zero-order valence-electron chi connectivity index (χ0n) is 11.3. The number of hydrogen-bond acceptors (Lipinski definition) is 5. The molecular weight excluding hydrogens is 264 g/mol. The number of ether oxygens (including phenoxy) is 3. The number of rotatable bonds is 9. The van der Waals surface area contributed by atoms with Crippen LogP contribution >= 0.6 is 0 Å². The van der Waals surface area contributed by atoms with Crippen molar-refractivity contribution >= 4 is 11.9 Å². The summed E-state index contributed by atoms with van der Waals surface area (Å²) in [5.41, 5.74) is 0. The molecule has 1 amide bonds. The Morgan fingerprint density at radius 3 is 1.95 bits per heavy atom. The van der Waals surface area contributed by atoms with E-state index in [1.165, 1.54) is 21.1 Å². The first-order chi connectivity index (χ1) is 8.91. The van der Waals surface area contributed by atoms with Crippen molar-refractivity contribution in [1.82, 2.24) is 4.90 Å². The molecule has 0 saturated carbocycles. The largest absolute Gasteiger partial charge is 0.461 e. The Morgan fingerprint density at radius 2 is 1.58 bits per heavy atom. The van der Waals surface area contributed by atoms with Crippen molar-refractivity contribution in [2.24, 2.45) is 0 Å². The number of esters is 1. The maximum absolute atomic E-state index is 13.6. The number of amides is 1. The summed E-state index contributed by atoms with van der Waals surface area (Å²) < 4.78 is 40.8. The molecule has 0 aliphatic carbocycles. The van der Waals surface area contributed by atoms with E-state index in [1.54, 1.807) is 0 Å². The quantitative estimate of drug-likeness (QED) is 0.450. The van der Waals surface area contributed by atoms with Gasteiger partial charge < -0.3 is 19.1 Å². The second-order valence-electron chi connectivity index (χ2n) is 3.57. The van der Waals surface area contributed by atoms with Crippen LogP contribution in [0.25, 0.3) is 0 Å². The van der Waals surface area contributed by atoms with E-state index in [9.17, 15) is 18.4 Å². The standard InChI is InChI=1S/C11H19F2NO5/c1-4-19-10(16)11(12,13)9(15)14(5-7-17-2)6-8-18-3/h4-8H2,1-3H3. The summed E-state index contributed by atoms with van der Waals surface area (Å²) >= 11 is 0. The van der Waals surface area contributed by atoms with Crippen molar-refractivity contribution < 1.29 is 32.6 Å². The van der Waals surface area contributed by atoms with Crippen LogP contribution in [0.3, 0.4) is 0 Å². The van der Waals surface area contributed by atoms with Gasteiger partial charge >= 0.3 is 17.8 Å². The number of nitrogens with zero attached hydrogens (tertiary/aromatic N) is 1. The van der Waals surface area contributed by atoms with E-state index >= 15 is 0 Å². The normalized spacial score (nSPS) is 11.2. The van der Waals surface area contributed by atoms with Crippen LogP contribution in [0.1, 0.15) is 6.92 Å². The van der Waals surface area contributed by atoms with Crippen LogP contribution in [0.2, 0.25) is 0 Å². The molecule has 0 heterocycles. The topological polar surface area (TPSA) is 65.1 Å². The molecule has 0 fully saturated rings. The number of carbonyl (C=O) groups is 2. The van der Waals surface area contributed by atoms with Gasteiger partial charge in [0.1, 0.15) is 0 Å². The van der Waals surface area contributed by atoms with Gasteiger partial charge in [-0.05, 0) is 6.92 Å². The van der Waals surface area contributed by atoms with Crippen LogP contribution in [0.4, 0.5) is 8.78 Å². The maximum atomic E-state index is 13.6. The Kier molecular flexibility index (Phi) is 8.17. The molecule has 0 N–H and O–H groups in total. The summed E-state index contributed by atoms with van der Waals surface area (Å²) in [4.78, 5) is 23.5. The fraction of sp³-hybridized carbons (Fsp3) is 0.818. The van der Waals surface area contributed by atoms with E-state index in [0.717, 1.165) is 4.90 Å². The van der Waals surface area contributed by atoms with E-state index < -0.39 is 17.8 Å². The van der Waals surface area contributed by atoms with E-state index in [4.69, 9.17) is 9.47 Å². The fourth-order valence-corrected chi connectivity index (χ4v) is 1.23. The first kappa shape index (κ1) is 17.7. The molecule has 0 aromatic carbocycles. The molecule has 0 rings (SSSR count). The highest BCUT2D eigenvalue weighted by Gasteiger charge is 2.51. The molecule has 19 heavy (non-hydrogen) atoms. The van der Waals surface area contributed by atoms with E-state index in [2.05, 4.69) is 4.74 Å². The van der Waals surface area contributed by atoms with Crippen LogP contribution in [0.5, 0.6) is 0 Å². The zero-order chi connectivity index (χ0) is 14.9. The number of methoxy groups -OCH3 is 2. The minimum Gasteiger partial charge on any atom is -0.461 e. The molecule has 0 aromatic rings. The minimum absolute atomic E-state index is 0.0618. The van der Waals surface area contributed by atoms with Crippen molar-refractivity contribution in [1.29, 1.82) is 0 Å². The molecule has 0 atom stereocenters. The average molecular weight is 283 g/mol. The molecule has 0 spiro atoms. The third kappa shape index (κ3) is 5.48. The van der Waals surface area contributed by atoms with Gasteiger partial charge in [-0.2, -0.15) is 8.78 Å². The molecule has 112 valence electrons. The third-order valence-electron chi connectivity index (χ3n) is 2.22. The summed E-state index contributed by atoms with van der Waals surface area (Å²) in [6.07, 6.45) is 0. The van der Waals surface area contributed by atoms with E-state index in [1.807, 2.05) is 0 Å². The Hall–Kier alpha value is -1.28. The number of hydrogen-bond donors (Lipinski definition) is 0. The molecule has 0 bridgehead atoms. The summed E-state index contributed by atoms with van der Waals surface area (Å²) in [5.74, 6) is -7.66.